The quantitative estimate of drug-likeness (QED) is 0.282. The van der Waals surface area contributed by atoms with E-state index in [9.17, 15) is 5.11 Å². The minimum absolute atomic E-state index is 0.267. The van der Waals surface area contributed by atoms with Crippen molar-refractivity contribution in [2.24, 2.45) is 0 Å². The van der Waals surface area contributed by atoms with Crippen molar-refractivity contribution in [2.45, 2.75) is 75.8 Å². The monoisotopic (exact) mass is 548 g/mol. The minimum Gasteiger partial charge on any atom is -0.485 e. The molecule has 0 radical (unpaired) electrons. The third-order valence-electron chi connectivity index (χ3n) is 7.46. The van der Waals surface area contributed by atoms with Gasteiger partial charge in [0.05, 0.1) is 31.5 Å². The van der Waals surface area contributed by atoms with Gasteiger partial charge in [-0.2, -0.15) is 0 Å². The van der Waals surface area contributed by atoms with E-state index in [0.717, 1.165) is 36.0 Å². The Morgan fingerprint density at radius 3 is 1.79 bits per heavy atom. The molecule has 0 bridgehead atoms. The lowest BCUT2D eigenvalue weighted by atomic mass is 9.81. The summed E-state index contributed by atoms with van der Waals surface area (Å²) in [5, 5.41) is 12.1. The summed E-state index contributed by atoms with van der Waals surface area (Å²) in [6.07, 6.45) is 2.49. The molecule has 1 N–H and O–H groups in total. The van der Waals surface area contributed by atoms with Crippen LogP contribution in [0.4, 0.5) is 0 Å². The molecule has 0 saturated heterocycles. The molecule has 1 fully saturated rings. The molecule has 1 aliphatic carbocycles. The van der Waals surface area contributed by atoms with Crippen molar-refractivity contribution in [1.29, 1.82) is 0 Å². The topological polar surface area (TPSA) is 57.2 Å². The lowest BCUT2D eigenvalue weighted by Gasteiger charge is -2.44. The number of benzene rings is 3. The second kappa shape index (κ2) is 13.6. The first-order chi connectivity index (χ1) is 19.1. The van der Waals surface area contributed by atoms with Crippen LogP contribution in [0.3, 0.4) is 0 Å². The highest BCUT2D eigenvalue weighted by Crippen LogP contribution is 2.43. The second-order valence-electron chi connectivity index (χ2n) is 10.4. The van der Waals surface area contributed by atoms with Gasteiger partial charge in [-0.1, -0.05) is 122 Å². The molecule has 206 valence electrons. The van der Waals surface area contributed by atoms with Gasteiger partial charge in [0.2, 0.25) is 0 Å². The van der Waals surface area contributed by atoms with E-state index in [1.54, 1.807) is 0 Å². The predicted molar refractivity (Wildman–Crippen MR) is 152 cm³/mol. The molecule has 6 heteroatoms. The molecule has 1 aliphatic heterocycles. The molecule has 3 aromatic carbocycles. The van der Waals surface area contributed by atoms with E-state index in [1.165, 1.54) is 0 Å². The summed E-state index contributed by atoms with van der Waals surface area (Å²) in [4.78, 5) is 0. The minimum atomic E-state index is -1.12. The van der Waals surface area contributed by atoms with Crippen molar-refractivity contribution < 1.29 is 24.1 Å². The summed E-state index contributed by atoms with van der Waals surface area (Å²) >= 11 is 7.06. The van der Waals surface area contributed by atoms with Crippen LogP contribution in [0.2, 0.25) is 0 Å². The van der Waals surface area contributed by atoms with Crippen molar-refractivity contribution in [3.63, 3.8) is 0 Å². The van der Waals surface area contributed by atoms with Gasteiger partial charge in [-0.3, -0.25) is 0 Å². The normalized spacial score (nSPS) is 22.9. The molecular weight excluding hydrogens is 512 g/mol. The fourth-order valence-corrected chi connectivity index (χ4v) is 5.73. The first-order valence-corrected chi connectivity index (χ1v) is 14.2. The Kier molecular flexibility index (Phi) is 9.72. The maximum absolute atomic E-state index is 11.7. The Labute approximate surface area is 236 Å². The van der Waals surface area contributed by atoms with Gasteiger partial charge in [0, 0.05) is 0 Å². The summed E-state index contributed by atoms with van der Waals surface area (Å²) in [5.74, 6) is 0.412. The summed E-state index contributed by atoms with van der Waals surface area (Å²) in [5.41, 5.74) is 2.03. The van der Waals surface area contributed by atoms with Crippen LogP contribution >= 0.6 is 11.6 Å². The summed E-state index contributed by atoms with van der Waals surface area (Å²) in [6.45, 7) is 1.44. The third kappa shape index (κ3) is 7.30. The molecule has 0 aromatic heterocycles. The van der Waals surface area contributed by atoms with Gasteiger partial charge in [0.25, 0.3) is 0 Å². The van der Waals surface area contributed by atoms with Crippen LogP contribution in [0.1, 0.15) is 48.8 Å². The van der Waals surface area contributed by atoms with Gasteiger partial charge in [0.15, 0.2) is 6.10 Å². The number of halogens is 1. The summed E-state index contributed by atoms with van der Waals surface area (Å²) in [6, 6.07) is 30.0. The summed E-state index contributed by atoms with van der Waals surface area (Å²) in [7, 11) is 0. The molecule has 0 spiro atoms. The number of ether oxygens (including phenoxy) is 4. The molecule has 5 nitrogen and oxygen atoms in total. The van der Waals surface area contributed by atoms with E-state index in [2.05, 4.69) is 0 Å². The Morgan fingerprint density at radius 1 is 0.718 bits per heavy atom. The van der Waals surface area contributed by atoms with Crippen LogP contribution in [0.5, 0.6) is 0 Å². The molecule has 5 rings (SSSR count). The SMILES string of the molecule is OC1(C2=C(Cl)[C@@H](OCc3ccccc3)[C@H](OCc3ccccc3)[C@@H](COCc3ccccc3)O2)CCCCC1. The first kappa shape index (κ1) is 27.9. The van der Waals surface area contributed by atoms with Gasteiger partial charge in [-0.25, -0.2) is 0 Å². The average molecular weight is 549 g/mol. The highest BCUT2D eigenvalue weighted by atomic mass is 35.5. The molecule has 3 atom stereocenters. The molecule has 2 aliphatic rings. The zero-order chi connectivity index (χ0) is 26.9. The van der Waals surface area contributed by atoms with Gasteiger partial charge in [-0.05, 0) is 29.5 Å². The largest absolute Gasteiger partial charge is 0.485 e. The van der Waals surface area contributed by atoms with E-state index in [0.29, 0.717) is 43.5 Å². The van der Waals surface area contributed by atoms with Crippen molar-refractivity contribution in [3.05, 3.63) is 118 Å². The lowest BCUT2D eigenvalue weighted by Crippen LogP contribution is -2.52. The lowest BCUT2D eigenvalue weighted by molar-refractivity contribution is -0.171. The smallest absolute Gasteiger partial charge is 0.151 e. The first-order valence-electron chi connectivity index (χ1n) is 13.8. The van der Waals surface area contributed by atoms with E-state index >= 15 is 0 Å². The maximum atomic E-state index is 11.7. The highest BCUT2D eigenvalue weighted by Gasteiger charge is 2.48. The van der Waals surface area contributed by atoms with Crippen LogP contribution in [-0.4, -0.2) is 35.6 Å². The van der Waals surface area contributed by atoms with Crippen LogP contribution < -0.4 is 0 Å². The number of rotatable bonds is 11. The summed E-state index contributed by atoms with van der Waals surface area (Å²) < 4.78 is 25.7. The van der Waals surface area contributed by atoms with E-state index in [4.69, 9.17) is 30.5 Å². The predicted octanol–water partition coefficient (Wildman–Crippen LogP) is 6.92. The van der Waals surface area contributed by atoms with Gasteiger partial charge < -0.3 is 24.1 Å². The molecule has 1 heterocycles. The third-order valence-corrected chi connectivity index (χ3v) is 7.84. The van der Waals surface area contributed by atoms with Gasteiger partial charge in [0.1, 0.15) is 23.6 Å². The molecule has 39 heavy (non-hydrogen) atoms. The van der Waals surface area contributed by atoms with E-state index in [-0.39, 0.29) is 6.61 Å². The zero-order valence-electron chi connectivity index (χ0n) is 22.2. The van der Waals surface area contributed by atoms with Gasteiger partial charge in [-0.15, -0.1) is 0 Å². The van der Waals surface area contributed by atoms with E-state index < -0.39 is 23.9 Å². The van der Waals surface area contributed by atoms with Gasteiger partial charge >= 0.3 is 0 Å². The van der Waals surface area contributed by atoms with Crippen LogP contribution in [0.25, 0.3) is 0 Å². The zero-order valence-corrected chi connectivity index (χ0v) is 23.0. The van der Waals surface area contributed by atoms with Crippen molar-refractivity contribution in [1.82, 2.24) is 0 Å². The van der Waals surface area contributed by atoms with Crippen LogP contribution in [0.15, 0.2) is 102 Å². The molecule has 0 unspecified atom stereocenters. The Hall–Kier alpha value is -2.67. The average Bonchev–Trinajstić information content (AvgIpc) is 2.98. The van der Waals surface area contributed by atoms with E-state index in [1.807, 2.05) is 91.0 Å². The molecule has 0 amide bonds. The van der Waals surface area contributed by atoms with Crippen molar-refractivity contribution in [3.8, 4) is 0 Å². The number of aliphatic hydroxyl groups is 1. The standard InChI is InChI=1S/C33H37ClO5/c34-29-31(38-23-27-17-9-3-10-18-27)30(37-22-26-15-7-2-8-16-26)28(24-36-21-25-13-5-1-6-14-25)39-32(29)33(35)19-11-4-12-20-33/h1-3,5-10,13-18,28,30-31,35H,4,11-12,19-24H2/t28-,30-,31-/m1/s1. The fraction of sp³-hybridized carbons (Fsp3) is 0.394. The Balaban J connectivity index is 1.42. The van der Waals surface area contributed by atoms with Crippen LogP contribution in [-0.2, 0) is 38.8 Å². The maximum Gasteiger partial charge on any atom is 0.151 e. The van der Waals surface area contributed by atoms with Crippen molar-refractivity contribution in [2.75, 3.05) is 6.61 Å². The second-order valence-corrected chi connectivity index (χ2v) is 10.8. The molecular formula is C33H37ClO5. The Bertz CT molecular complexity index is 1180. The molecule has 1 saturated carbocycles. The molecule has 3 aromatic rings. The van der Waals surface area contributed by atoms with Crippen LogP contribution in [0, 0.1) is 0 Å². The highest BCUT2D eigenvalue weighted by molar-refractivity contribution is 6.30. The number of hydrogen-bond acceptors (Lipinski definition) is 5. The number of hydrogen-bond donors (Lipinski definition) is 1. The van der Waals surface area contributed by atoms with Crippen molar-refractivity contribution >= 4 is 11.6 Å². The Morgan fingerprint density at radius 2 is 1.23 bits per heavy atom. The fourth-order valence-electron chi connectivity index (χ4n) is 5.32.